The molecule has 1 N–H and O–H groups in total. The first-order valence-electron chi connectivity index (χ1n) is 8.17. The maximum Gasteiger partial charge on any atom is 0.265 e. The summed E-state index contributed by atoms with van der Waals surface area (Å²) in [5.74, 6) is 0.617. The number of nitrogens with one attached hydrogen (secondary N) is 1. The largest absolute Gasteiger partial charge is 0.481 e. The normalized spacial score (nSPS) is 11.8. The van der Waals surface area contributed by atoms with Gasteiger partial charge in [-0.3, -0.25) is 4.79 Å². The number of anilines is 1. The van der Waals surface area contributed by atoms with Gasteiger partial charge in [0, 0.05) is 5.69 Å². The van der Waals surface area contributed by atoms with Crippen LogP contribution >= 0.6 is 0 Å². The molecule has 0 aliphatic carbocycles. The Balaban J connectivity index is 2.07. The van der Waals surface area contributed by atoms with E-state index in [2.05, 4.69) is 12.2 Å². The Hall–Kier alpha value is -2.29. The van der Waals surface area contributed by atoms with E-state index in [-0.39, 0.29) is 5.91 Å². The van der Waals surface area contributed by atoms with Crippen LogP contribution in [0.5, 0.6) is 5.75 Å². The molecule has 0 aromatic heterocycles. The predicted molar refractivity (Wildman–Crippen MR) is 95.1 cm³/mol. The highest BCUT2D eigenvalue weighted by Gasteiger charge is 2.19. The number of ether oxygens (including phenoxy) is 1. The van der Waals surface area contributed by atoms with Crippen molar-refractivity contribution in [2.45, 2.75) is 46.6 Å². The van der Waals surface area contributed by atoms with Gasteiger partial charge in [0.2, 0.25) is 0 Å². The van der Waals surface area contributed by atoms with E-state index >= 15 is 0 Å². The molecule has 0 unspecified atom stereocenters. The topological polar surface area (TPSA) is 38.3 Å². The Labute approximate surface area is 138 Å². The fourth-order valence-corrected chi connectivity index (χ4v) is 2.37. The second-order valence-electron chi connectivity index (χ2n) is 5.82. The maximum atomic E-state index is 12.5. The molecule has 2 aromatic rings. The van der Waals surface area contributed by atoms with Crippen LogP contribution < -0.4 is 10.1 Å². The SMILES string of the molecule is CCc1ccc(O[C@H](CC)C(=O)Nc2cc(C)ccc2C)cc1. The number of rotatable bonds is 6. The zero-order chi connectivity index (χ0) is 16.8. The Morgan fingerprint density at radius 1 is 1.09 bits per heavy atom. The summed E-state index contributed by atoms with van der Waals surface area (Å²) in [5, 5.41) is 2.98. The smallest absolute Gasteiger partial charge is 0.265 e. The molecule has 0 spiro atoms. The minimum atomic E-state index is -0.498. The molecule has 0 fully saturated rings. The van der Waals surface area contributed by atoms with Crippen LogP contribution in [0.15, 0.2) is 42.5 Å². The molecule has 0 heterocycles. The third-order valence-electron chi connectivity index (χ3n) is 3.92. The summed E-state index contributed by atoms with van der Waals surface area (Å²) in [6.07, 6.45) is 1.11. The minimum absolute atomic E-state index is 0.110. The second kappa shape index (κ2) is 7.82. The number of amides is 1. The lowest BCUT2D eigenvalue weighted by Gasteiger charge is -2.18. The quantitative estimate of drug-likeness (QED) is 0.842. The van der Waals surface area contributed by atoms with Gasteiger partial charge in [-0.05, 0) is 61.6 Å². The van der Waals surface area contributed by atoms with Crippen molar-refractivity contribution >= 4 is 11.6 Å². The Bertz CT molecular complexity index is 662. The highest BCUT2D eigenvalue weighted by Crippen LogP contribution is 2.19. The van der Waals surface area contributed by atoms with E-state index in [9.17, 15) is 4.79 Å². The van der Waals surface area contributed by atoms with E-state index in [1.807, 2.05) is 63.2 Å². The molecule has 1 atom stereocenters. The third-order valence-corrected chi connectivity index (χ3v) is 3.92. The first-order chi connectivity index (χ1) is 11.0. The standard InChI is InChI=1S/C20H25NO2/c1-5-16-9-11-17(12-10-16)23-19(6-2)20(22)21-18-13-14(3)7-8-15(18)4/h7-13,19H,5-6H2,1-4H3,(H,21,22)/t19-/m1/s1. The highest BCUT2D eigenvalue weighted by molar-refractivity contribution is 5.95. The molecule has 2 rings (SSSR count). The Kier molecular flexibility index (Phi) is 5.80. The summed E-state index contributed by atoms with van der Waals surface area (Å²) in [4.78, 5) is 12.5. The first-order valence-corrected chi connectivity index (χ1v) is 8.17. The van der Waals surface area contributed by atoms with Gasteiger partial charge in [0.15, 0.2) is 6.10 Å². The number of hydrogen-bond donors (Lipinski definition) is 1. The van der Waals surface area contributed by atoms with E-state index in [4.69, 9.17) is 4.74 Å². The van der Waals surface area contributed by atoms with Crippen molar-refractivity contribution in [3.63, 3.8) is 0 Å². The summed E-state index contributed by atoms with van der Waals surface area (Å²) in [5.41, 5.74) is 4.27. The van der Waals surface area contributed by atoms with Gasteiger partial charge in [-0.25, -0.2) is 0 Å². The lowest BCUT2D eigenvalue weighted by atomic mass is 10.1. The van der Waals surface area contributed by atoms with E-state index in [0.29, 0.717) is 6.42 Å². The molecule has 3 nitrogen and oxygen atoms in total. The molecule has 0 bridgehead atoms. The molecule has 23 heavy (non-hydrogen) atoms. The van der Waals surface area contributed by atoms with Crippen LogP contribution in [0.4, 0.5) is 5.69 Å². The van der Waals surface area contributed by atoms with Crippen LogP contribution in [0.2, 0.25) is 0 Å². The van der Waals surface area contributed by atoms with Gasteiger partial charge in [0.1, 0.15) is 5.75 Å². The first kappa shape index (κ1) is 17.1. The van der Waals surface area contributed by atoms with Gasteiger partial charge >= 0.3 is 0 Å². The van der Waals surface area contributed by atoms with Crippen LogP contribution in [0.1, 0.15) is 37.0 Å². The lowest BCUT2D eigenvalue weighted by Crippen LogP contribution is -2.32. The second-order valence-corrected chi connectivity index (χ2v) is 5.82. The molecule has 0 aliphatic rings. The zero-order valence-corrected chi connectivity index (χ0v) is 14.3. The monoisotopic (exact) mass is 311 g/mol. The van der Waals surface area contributed by atoms with Gasteiger partial charge < -0.3 is 10.1 Å². The number of carbonyl (C=O) groups is 1. The van der Waals surface area contributed by atoms with Crippen molar-refractivity contribution in [2.75, 3.05) is 5.32 Å². The van der Waals surface area contributed by atoms with Crippen LogP contribution in [0.25, 0.3) is 0 Å². The number of benzene rings is 2. The number of aryl methyl sites for hydroxylation is 3. The van der Waals surface area contributed by atoms with Crippen molar-refractivity contribution in [1.29, 1.82) is 0 Å². The van der Waals surface area contributed by atoms with E-state index < -0.39 is 6.10 Å². The van der Waals surface area contributed by atoms with Gasteiger partial charge in [0.05, 0.1) is 0 Å². The molecular formula is C20H25NO2. The maximum absolute atomic E-state index is 12.5. The fraction of sp³-hybridized carbons (Fsp3) is 0.350. The van der Waals surface area contributed by atoms with Crippen LogP contribution in [0, 0.1) is 13.8 Å². The van der Waals surface area contributed by atoms with Gasteiger partial charge in [0.25, 0.3) is 5.91 Å². The predicted octanol–water partition coefficient (Wildman–Crippen LogP) is 4.66. The summed E-state index contributed by atoms with van der Waals surface area (Å²) < 4.78 is 5.86. The summed E-state index contributed by atoms with van der Waals surface area (Å²) in [6, 6.07) is 13.9. The Morgan fingerprint density at radius 2 is 1.78 bits per heavy atom. The van der Waals surface area contributed by atoms with Crippen molar-refractivity contribution in [2.24, 2.45) is 0 Å². The highest BCUT2D eigenvalue weighted by atomic mass is 16.5. The summed E-state index contributed by atoms with van der Waals surface area (Å²) in [7, 11) is 0. The van der Waals surface area contributed by atoms with Gasteiger partial charge in [-0.2, -0.15) is 0 Å². The molecule has 3 heteroatoms. The lowest BCUT2D eigenvalue weighted by molar-refractivity contribution is -0.122. The van der Waals surface area contributed by atoms with E-state index in [0.717, 1.165) is 29.0 Å². The molecule has 0 aliphatic heterocycles. The van der Waals surface area contributed by atoms with Crippen molar-refractivity contribution in [1.82, 2.24) is 0 Å². The Morgan fingerprint density at radius 3 is 2.39 bits per heavy atom. The number of carbonyl (C=O) groups excluding carboxylic acids is 1. The summed E-state index contributed by atoms with van der Waals surface area (Å²) in [6.45, 7) is 8.06. The molecule has 0 radical (unpaired) electrons. The fourth-order valence-electron chi connectivity index (χ4n) is 2.37. The molecule has 0 saturated heterocycles. The van der Waals surface area contributed by atoms with Crippen LogP contribution in [0.3, 0.4) is 0 Å². The van der Waals surface area contributed by atoms with Crippen molar-refractivity contribution < 1.29 is 9.53 Å². The molecule has 2 aromatic carbocycles. The molecule has 0 saturated carbocycles. The average Bonchev–Trinajstić information content (AvgIpc) is 2.56. The molecular weight excluding hydrogens is 286 g/mol. The van der Waals surface area contributed by atoms with Gasteiger partial charge in [-0.1, -0.05) is 38.1 Å². The summed E-state index contributed by atoms with van der Waals surface area (Å²) >= 11 is 0. The minimum Gasteiger partial charge on any atom is -0.481 e. The third kappa shape index (κ3) is 4.59. The number of hydrogen-bond acceptors (Lipinski definition) is 2. The van der Waals surface area contributed by atoms with E-state index in [1.165, 1.54) is 5.56 Å². The van der Waals surface area contributed by atoms with E-state index in [1.54, 1.807) is 0 Å². The molecule has 1 amide bonds. The van der Waals surface area contributed by atoms with Crippen LogP contribution in [-0.4, -0.2) is 12.0 Å². The van der Waals surface area contributed by atoms with Crippen molar-refractivity contribution in [3.05, 3.63) is 59.2 Å². The molecule has 122 valence electrons. The van der Waals surface area contributed by atoms with Crippen LogP contribution in [-0.2, 0) is 11.2 Å². The zero-order valence-electron chi connectivity index (χ0n) is 14.3. The average molecular weight is 311 g/mol. The van der Waals surface area contributed by atoms with Gasteiger partial charge in [-0.15, -0.1) is 0 Å². The van der Waals surface area contributed by atoms with Crippen molar-refractivity contribution in [3.8, 4) is 5.75 Å².